The van der Waals surface area contributed by atoms with Gasteiger partial charge in [-0.25, -0.2) is 0 Å². The highest BCUT2D eigenvalue weighted by Crippen LogP contribution is 2.18. The van der Waals surface area contributed by atoms with E-state index in [4.69, 9.17) is 4.42 Å². The summed E-state index contributed by atoms with van der Waals surface area (Å²) in [4.78, 5) is 15.9. The average Bonchev–Trinajstić information content (AvgIpc) is 3.19. The van der Waals surface area contributed by atoms with Gasteiger partial charge in [-0.05, 0) is 23.4 Å². The highest BCUT2D eigenvalue weighted by Gasteiger charge is 2.12. The molecule has 0 amide bonds. The fourth-order valence-corrected chi connectivity index (χ4v) is 1.83. The van der Waals surface area contributed by atoms with Crippen molar-refractivity contribution in [1.82, 2.24) is 25.6 Å². The van der Waals surface area contributed by atoms with E-state index in [9.17, 15) is 9.90 Å². The number of hydrogen-bond acceptors (Lipinski definition) is 7. The van der Waals surface area contributed by atoms with Crippen LogP contribution < -0.4 is 0 Å². The number of tetrazole rings is 1. The number of nitrogens with zero attached hydrogens (tertiary/aromatic N) is 4. The number of aliphatic hydroxyl groups is 1. The summed E-state index contributed by atoms with van der Waals surface area (Å²) in [7, 11) is 0. The lowest BCUT2D eigenvalue weighted by molar-refractivity contribution is 0.103. The summed E-state index contributed by atoms with van der Waals surface area (Å²) < 4.78 is 5.36. The number of hydrogen-bond donors (Lipinski definition) is 2. The van der Waals surface area contributed by atoms with E-state index < -0.39 is 5.78 Å². The van der Waals surface area contributed by atoms with Gasteiger partial charge in [0.05, 0.1) is 5.56 Å². The first-order chi connectivity index (χ1) is 10.7. The number of carbonyl (C=O) groups is 1. The van der Waals surface area contributed by atoms with Crippen molar-refractivity contribution in [3.8, 4) is 0 Å². The largest absolute Gasteiger partial charge is 0.507 e. The highest BCUT2D eigenvalue weighted by molar-refractivity contribution is 6.05. The Morgan fingerprint density at radius 3 is 3.05 bits per heavy atom. The molecule has 0 aliphatic carbocycles. The Hall–Kier alpha value is -3.29. The number of allylic oxidation sites excluding steroid dienone is 1. The van der Waals surface area contributed by atoms with Crippen molar-refractivity contribution >= 4 is 11.5 Å². The van der Waals surface area contributed by atoms with Crippen LogP contribution in [0.1, 0.15) is 27.6 Å². The minimum Gasteiger partial charge on any atom is -0.507 e. The van der Waals surface area contributed by atoms with Crippen molar-refractivity contribution < 1.29 is 14.3 Å². The molecule has 0 atom stereocenters. The van der Waals surface area contributed by atoms with Gasteiger partial charge in [-0.1, -0.05) is 6.07 Å². The number of H-pyrrole nitrogens is 1. The van der Waals surface area contributed by atoms with Gasteiger partial charge in [0.1, 0.15) is 17.8 Å². The Morgan fingerprint density at radius 2 is 2.32 bits per heavy atom. The predicted molar refractivity (Wildman–Crippen MR) is 74.9 cm³/mol. The fraction of sp³-hybridized carbons (Fsp3) is 0.0714. The second kappa shape index (κ2) is 6.00. The molecule has 110 valence electrons. The van der Waals surface area contributed by atoms with Crippen molar-refractivity contribution in [3.63, 3.8) is 0 Å². The molecule has 0 bridgehead atoms. The van der Waals surface area contributed by atoms with E-state index in [2.05, 4.69) is 25.6 Å². The predicted octanol–water partition coefficient (Wildman–Crippen LogP) is 1.56. The van der Waals surface area contributed by atoms with Crippen LogP contribution in [0.25, 0.3) is 5.76 Å². The number of carbonyl (C=O) groups excluding carboxylic acids is 1. The number of aromatic amines is 1. The van der Waals surface area contributed by atoms with Gasteiger partial charge >= 0.3 is 0 Å². The first-order valence-corrected chi connectivity index (χ1v) is 6.38. The van der Waals surface area contributed by atoms with Crippen LogP contribution in [0.5, 0.6) is 0 Å². The summed E-state index contributed by atoms with van der Waals surface area (Å²) in [5.74, 6) is -0.283. The molecule has 3 aromatic heterocycles. The van der Waals surface area contributed by atoms with E-state index >= 15 is 0 Å². The Labute approximate surface area is 124 Å². The molecular weight excluding hydrogens is 286 g/mol. The molecule has 0 aromatic carbocycles. The van der Waals surface area contributed by atoms with E-state index in [-0.39, 0.29) is 11.6 Å². The van der Waals surface area contributed by atoms with E-state index in [0.29, 0.717) is 17.7 Å². The number of rotatable bonds is 5. The number of nitrogens with one attached hydrogen (secondary N) is 1. The van der Waals surface area contributed by atoms with Crippen LogP contribution in [0.3, 0.4) is 0 Å². The zero-order chi connectivity index (χ0) is 15.4. The van der Waals surface area contributed by atoms with Crippen LogP contribution in [0, 0.1) is 0 Å². The van der Waals surface area contributed by atoms with Gasteiger partial charge in [0, 0.05) is 24.4 Å². The summed E-state index contributed by atoms with van der Waals surface area (Å²) in [5, 5.41) is 22.5. The SMILES string of the molecule is O=C(C=C(O)c1coc(Cc2ccccn2)c1)c1nn[nH]n1. The molecule has 0 aliphatic heterocycles. The third-order valence-electron chi connectivity index (χ3n) is 2.86. The number of aliphatic hydroxyl groups excluding tert-OH is 1. The van der Waals surface area contributed by atoms with Gasteiger partial charge in [-0.3, -0.25) is 9.78 Å². The molecule has 0 unspecified atom stereocenters. The van der Waals surface area contributed by atoms with Gasteiger partial charge in [-0.2, -0.15) is 5.21 Å². The molecule has 0 fully saturated rings. The van der Waals surface area contributed by atoms with E-state index in [0.717, 1.165) is 11.8 Å². The van der Waals surface area contributed by atoms with E-state index in [1.165, 1.54) is 6.26 Å². The van der Waals surface area contributed by atoms with Crippen molar-refractivity contribution in [2.45, 2.75) is 6.42 Å². The summed E-state index contributed by atoms with van der Waals surface area (Å²) in [6.07, 6.45) is 4.57. The molecule has 0 radical (unpaired) electrons. The van der Waals surface area contributed by atoms with Gasteiger partial charge in [0.2, 0.25) is 11.6 Å². The lowest BCUT2D eigenvalue weighted by Gasteiger charge is -1.95. The fourth-order valence-electron chi connectivity index (χ4n) is 1.83. The monoisotopic (exact) mass is 297 g/mol. The van der Waals surface area contributed by atoms with Gasteiger partial charge in [0.15, 0.2) is 0 Å². The Morgan fingerprint density at radius 1 is 1.41 bits per heavy atom. The molecule has 0 saturated heterocycles. The zero-order valence-electron chi connectivity index (χ0n) is 11.3. The van der Waals surface area contributed by atoms with Gasteiger partial charge in [0.25, 0.3) is 0 Å². The standard InChI is InChI=1S/C14H11N5O3/c20-12(7-13(21)14-16-18-19-17-14)9-5-11(22-8-9)6-10-3-1-2-4-15-10/h1-5,7-8,20H,6H2,(H,16,17,18,19). The van der Waals surface area contributed by atoms with Crippen LogP contribution in [0.2, 0.25) is 0 Å². The second-order valence-corrected chi connectivity index (χ2v) is 4.43. The van der Waals surface area contributed by atoms with E-state index in [1.54, 1.807) is 12.3 Å². The number of aromatic nitrogens is 5. The molecule has 3 heterocycles. The molecule has 0 saturated carbocycles. The highest BCUT2D eigenvalue weighted by atomic mass is 16.3. The number of pyridine rings is 1. The van der Waals surface area contributed by atoms with Gasteiger partial charge in [-0.15, -0.1) is 10.2 Å². The summed E-state index contributed by atoms with van der Waals surface area (Å²) in [5.41, 5.74) is 1.23. The average molecular weight is 297 g/mol. The molecule has 0 spiro atoms. The number of ketones is 1. The van der Waals surface area contributed by atoms with E-state index in [1.807, 2.05) is 18.2 Å². The van der Waals surface area contributed by atoms with Crippen LogP contribution >= 0.6 is 0 Å². The minimum atomic E-state index is -0.557. The lowest BCUT2D eigenvalue weighted by Crippen LogP contribution is -1.99. The van der Waals surface area contributed by atoms with Gasteiger partial charge < -0.3 is 9.52 Å². The van der Waals surface area contributed by atoms with Crippen molar-refractivity contribution in [1.29, 1.82) is 0 Å². The van der Waals surface area contributed by atoms with Crippen molar-refractivity contribution in [2.24, 2.45) is 0 Å². The van der Waals surface area contributed by atoms with Crippen LogP contribution in [0.15, 0.2) is 47.2 Å². The Kier molecular flexibility index (Phi) is 3.73. The molecule has 3 aromatic rings. The molecule has 3 rings (SSSR count). The van der Waals surface area contributed by atoms with Crippen LogP contribution in [-0.4, -0.2) is 36.5 Å². The summed E-state index contributed by atoms with van der Waals surface area (Å²) in [6.45, 7) is 0. The lowest BCUT2D eigenvalue weighted by atomic mass is 10.2. The topological polar surface area (TPSA) is 118 Å². The Balaban J connectivity index is 1.74. The second-order valence-electron chi connectivity index (χ2n) is 4.43. The molecular formula is C14H11N5O3. The summed E-state index contributed by atoms with van der Waals surface area (Å²) >= 11 is 0. The minimum absolute atomic E-state index is 0.122. The maximum atomic E-state index is 11.7. The van der Waals surface area contributed by atoms with Crippen molar-refractivity contribution in [2.75, 3.05) is 0 Å². The molecule has 2 N–H and O–H groups in total. The molecule has 8 nitrogen and oxygen atoms in total. The summed E-state index contributed by atoms with van der Waals surface area (Å²) in [6, 6.07) is 7.23. The third kappa shape index (κ3) is 3.06. The normalized spacial score (nSPS) is 11.5. The molecule has 8 heteroatoms. The maximum Gasteiger partial charge on any atom is 0.244 e. The zero-order valence-corrected chi connectivity index (χ0v) is 11.3. The molecule has 22 heavy (non-hydrogen) atoms. The quantitative estimate of drug-likeness (QED) is 0.417. The Bertz CT molecular complexity index is 793. The first-order valence-electron chi connectivity index (χ1n) is 6.38. The maximum absolute atomic E-state index is 11.7. The first kappa shape index (κ1) is 13.7. The number of furan rings is 1. The van der Waals surface area contributed by atoms with Crippen LogP contribution in [-0.2, 0) is 6.42 Å². The molecule has 0 aliphatic rings. The third-order valence-corrected chi connectivity index (χ3v) is 2.86. The van der Waals surface area contributed by atoms with Crippen molar-refractivity contribution in [3.05, 3.63) is 65.6 Å². The smallest absolute Gasteiger partial charge is 0.244 e. The van der Waals surface area contributed by atoms with Crippen LogP contribution in [0.4, 0.5) is 0 Å².